The lowest BCUT2D eigenvalue weighted by Gasteiger charge is -2.30. The average molecular weight is 429 g/mol. The summed E-state index contributed by atoms with van der Waals surface area (Å²) in [5.41, 5.74) is 3.09. The summed E-state index contributed by atoms with van der Waals surface area (Å²) in [5.74, 6) is 2.45. The predicted molar refractivity (Wildman–Crippen MR) is 118 cm³/mol. The normalized spacial score (nSPS) is 27.3. The van der Waals surface area contributed by atoms with E-state index in [0.29, 0.717) is 17.4 Å². The van der Waals surface area contributed by atoms with Crippen LogP contribution in [0.5, 0.6) is 0 Å². The number of carbonyl (C=O) groups excluding carboxylic acids is 1. The fourth-order valence-electron chi connectivity index (χ4n) is 5.04. The zero-order chi connectivity index (χ0) is 22.0. The maximum absolute atomic E-state index is 13.3. The van der Waals surface area contributed by atoms with E-state index in [1.807, 2.05) is 19.1 Å². The molecule has 0 saturated heterocycles. The van der Waals surface area contributed by atoms with Crippen molar-refractivity contribution in [2.24, 2.45) is 11.8 Å². The van der Waals surface area contributed by atoms with E-state index in [0.717, 1.165) is 48.1 Å². The molecule has 162 valence electrons. The van der Waals surface area contributed by atoms with Gasteiger partial charge in [0, 0.05) is 24.2 Å². The van der Waals surface area contributed by atoms with Gasteiger partial charge in [-0.15, -0.1) is 0 Å². The van der Waals surface area contributed by atoms with Gasteiger partial charge in [0.15, 0.2) is 0 Å². The van der Waals surface area contributed by atoms with Crippen LogP contribution in [0.25, 0.3) is 0 Å². The Labute approximate surface area is 185 Å². The molecule has 1 amide bonds. The van der Waals surface area contributed by atoms with Gasteiger partial charge in [0.1, 0.15) is 17.5 Å². The lowest BCUT2D eigenvalue weighted by atomic mass is 10.0. The number of rotatable bonds is 4. The van der Waals surface area contributed by atoms with Gasteiger partial charge in [0.25, 0.3) is 5.91 Å². The Balaban J connectivity index is 1.33. The highest BCUT2D eigenvalue weighted by Gasteiger charge is 2.56. The summed E-state index contributed by atoms with van der Waals surface area (Å²) in [5, 5.41) is 3.20. The number of fused-ring (bicyclic) bond motifs is 3. The van der Waals surface area contributed by atoms with Gasteiger partial charge < -0.3 is 10.2 Å². The fourth-order valence-corrected chi connectivity index (χ4v) is 5.04. The first kappa shape index (κ1) is 19.3. The van der Waals surface area contributed by atoms with Gasteiger partial charge in [0.05, 0.1) is 22.6 Å². The third-order valence-corrected chi connectivity index (χ3v) is 7.13. The molecule has 0 spiro atoms. The molecular weight excluding hydrogens is 405 g/mol. The summed E-state index contributed by atoms with van der Waals surface area (Å²) in [7, 11) is 0. The van der Waals surface area contributed by atoms with Gasteiger partial charge in [-0.2, -0.15) is 0 Å². The molecule has 32 heavy (non-hydrogen) atoms. The highest BCUT2D eigenvalue weighted by molar-refractivity contribution is 5.95. The molecule has 6 rings (SSSR count). The van der Waals surface area contributed by atoms with Crippen molar-refractivity contribution < 1.29 is 9.18 Å². The molecule has 3 aromatic rings. The van der Waals surface area contributed by atoms with E-state index < -0.39 is 5.54 Å². The number of carbonyl (C=O) groups is 1. The van der Waals surface area contributed by atoms with Crippen molar-refractivity contribution in [1.82, 2.24) is 20.3 Å². The van der Waals surface area contributed by atoms with E-state index in [1.165, 1.54) is 24.3 Å². The zero-order valence-corrected chi connectivity index (χ0v) is 18.0. The maximum atomic E-state index is 13.3. The lowest BCUT2D eigenvalue weighted by molar-refractivity contribution is 0.0926. The van der Waals surface area contributed by atoms with Gasteiger partial charge in [-0.1, -0.05) is 6.92 Å². The van der Waals surface area contributed by atoms with Gasteiger partial charge in [0.2, 0.25) is 0 Å². The molecule has 7 heteroatoms. The van der Waals surface area contributed by atoms with E-state index in [9.17, 15) is 9.18 Å². The van der Waals surface area contributed by atoms with E-state index in [1.54, 1.807) is 6.20 Å². The second-order valence-electron chi connectivity index (χ2n) is 9.31. The standard InChI is InChI=1S/C25H24FN5O/c1-14-12-25(14,30-24(32)16-3-5-18(26)6-4-16)21-8-7-20-23(29-21)19-11-17(19)13-31(20)22-9-10-27-15(2)28-22/h3-10,14,17,19H,11-13H2,1-2H3,(H,30,32)/t14-,17-,19?,25+/m1/s1. The molecule has 3 heterocycles. The summed E-state index contributed by atoms with van der Waals surface area (Å²) >= 11 is 0. The Kier molecular flexibility index (Phi) is 4.12. The average Bonchev–Trinajstić information content (AvgIpc) is 3.70. The van der Waals surface area contributed by atoms with Crippen LogP contribution in [0, 0.1) is 24.6 Å². The van der Waals surface area contributed by atoms with E-state index in [-0.39, 0.29) is 17.6 Å². The summed E-state index contributed by atoms with van der Waals surface area (Å²) < 4.78 is 13.3. The third-order valence-electron chi connectivity index (χ3n) is 7.13. The quantitative estimate of drug-likeness (QED) is 0.672. The van der Waals surface area contributed by atoms with Crippen molar-refractivity contribution in [3.63, 3.8) is 0 Å². The maximum Gasteiger partial charge on any atom is 0.252 e. The number of nitrogens with zero attached hydrogens (tertiary/aromatic N) is 4. The Morgan fingerprint density at radius 2 is 1.94 bits per heavy atom. The van der Waals surface area contributed by atoms with Crippen LogP contribution >= 0.6 is 0 Å². The fraction of sp³-hybridized carbons (Fsp3) is 0.360. The first-order chi connectivity index (χ1) is 15.4. The number of anilines is 2. The molecule has 1 aromatic carbocycles. The molecule has 4 atom stereocenters. The van der Waals surface area contributed by atoms with Crippen LogP contribution in [0.1, 0.15) is 53.3 Å². The van der Waals surface area contributed by atoms with Crippen LogP contribution in [0.3, 0.4) is 0 Å². The lowest BCUT2D eigenvalue weighted by Crippen LogP contribution is -2.37. The summed E-state index contributed by atoms with van der Waals surface area (Å²) in [6.45, 7) is 4.97. The molecule has 6 nitrogen and oxygen atoms in total. The van der Waals surface area contributed by atoms with Crippen LogP contribution in [0.2, 0.25) is 0 Å². The highest BCUT2D eigenvalue weighted by atomic mass is 19.1. The smallest absolute Gasteiger partial charge is 0.252 e. The molecule has 0 radical (unpaired) electrons. The summed E-state index contributed by atoms with van der Waals surface area (Å²) in [6.07, 6.45) is 3.77. The molecule has 2 fully saturated rings. The van der Waals surface area contributed by atoms with Crippen LogP contribution in [0.4, 0.5) is 15.9 Å². The predicted octanol–water partition coefficient (Wildman–Crippen LogP) is 4.24. The molecule has 1 N–H and O–H groups in total. The number of hydrogen-bond acceptors (Lipinski definition) is 5. The molecule has 2 aliphatic carbocycles. The van der Waals surface area contributed by atoms with Crippen molar-refractivity contribution in [1.29, 1.82) is 0 Å². The van der Waals surface area contributed by atoms with E-state index in [2.05, 4.69) is 33.2 Å². The van der Waals surface area contributed by atoms with Crippen LogP contribution in [0.15, 0.2) is 48.7 Å². The first-order valence-corrected chi connectivity index (χ1v) is 11.1. The number of pyridine rings is 1. The highest BCUT2D eigenvalue weighted by Crippen LogP contribution is 2.57. The van der Waals surface area contributed by atoms with E-state index in [4.69, 9.17) is 4.98 Å². The Hall–Kier alpha value is -3.35. The molecule has 2 saturated carbocycles. The number of halogens is 1. The monoisotopic (exact) mass is 429 g/mol. The van der Waals surface area contributed by atoms with Gasteiger partial charge in [-0.05, 0) is 74.1 Å². The number of nitrogens with one attached hydrogen (secondary N) is 1. The molecule has 2 aromatic heterocycles. The third kappa shape index (κ3) is 3.06. The zero-order valence-electron chi connectivity index (χ0n) is 18.0. The topological polar surface area (TPSA) is 71.0 Å². The van der Waals surface area contributed by atoms with Crippen LogP contribution in [-0.2, 0) is 5.54 Å². The number of amides is 1. The number of aromatic nitrogens is 3. The van der Waals surface area contributed by atoms with Crippen molar-refractivity contribution in [3.8, 4) is 0 Å². The van der Waals surface area contributed by atoms with Crippen molar-refractivity contribution in [2.45, 2.75) is 38.1 Å². The molecule has 3 aliphatic rings. The second kappa shape index (κ2) is 6.82. The SMILES string of the molecule is Cc1nccc(N2C[C@H]3CC3c3nc([C@]4(NC(=O)c5ccc(F)cc5)C[C@H]4C)ccc32)n1. The molecule has 0 bridgehead atoms. The Morgan fingerprint density at radius 1 is 1.16 bits per heavy atom. The first-order valence-electron chi connectivity index (χ1n) is 11.1. The minimum absolute atomic E-state index is 0.198. The van der Waals surface area contributed by atoms with Gasteiger partial charge in [-0.25, -0.2) is 14.4 Å². The van der Waals surface area contributed by atoms with Crippen LogP contribution < -0.4 is 10.2 Å². The summed E-state index contributed by atoms with van der Waals surface area (Å²) in [6, 6.07) is 11.8. The number of hydrogen-bond donors (Lipinski definition) is 1. The number of benzene rings is 1. The molecule has 1 unspecified atom stereocenters. The number of aryl methyl sites for hydroxylation is 1. The van der Waals surface area contributed by atoms with Crippen molar-refractivity contribution in [2.75, 3.05) is 11.4 Å². The van der Waals surface area contributed by atoms with Gasteiger partial charge in [-0.3, -0.25) is 9.78 Å². The minimum Gasteiger partial charge on any atom is -0.341 e. The Morgan fingerprint density at radius 3 is 2.66 bits per heavy atom. The Bertz CT molecular complexity index is 1230. The summed E-state index contributed by atoms with van der Waals surface area (Å²) in [4.78, 5) is 29.1. The molecule has 1 aliphatic heterocycles. The largest absolute Gasteiger partial charge is 0.341 e. The minimum atomic E-state index is -0.474. The van der Waals surface area contributed by atoms with E-state index >= 15 is 0 Å². The van der Waals surface area contributed by atoms with Crippen LogP contribution in [-0.4, -0.2) is 27.4 Å². The van der Waals surface area contributed by atoms with Crippen molar-refractivity contribution in [3.05, 3.63) is 77.3 Å². The molecular formula is C25H24FN5O. The van der Waals surface area contributed by atoms with Gasteiger partial charge >= 0.3 is 0 Å². The second-order valence-corrected chi connectivity index (χ2v) is 9.31. The van der Waals surface area contributed by atoms with Crippen molar-refractivity contribution >= 4 is 17.4 Å².